The van der Waals surface area contributed by atoms with E-state index in [1.54, 1.807) is 6.07 Å². The molecule has 1 aliphatic rings. The van der Waals surface area contributed by atoms with Gasteiger partial charge < -0.3 is 15.8 Å². The summed E-state index contributed by atoms with van der Waals surface area (Å²) in [7, 11) is 0. The molecule has 1 aromatic heterocycles. The molecule has 0 saturated heterocycles. The summed E-state index contributed by atoms with van der Waals surface area (Å²) in [5.41, 5.74) is 6.75. The van der Waals surface area contributed by atoms with Gasteiger partial charge >= 0.3 is 0 Å². The summed E-state index contributed by atoms with van der Waals surface area (Å²) >= 11 is 3.23. The summed E-state index contributed by atoms with van der Waals surface area (Å²) in [5, 5.41) is 2.79. The van der Waals surface area contributed by atoms with Crippen molar-refractivity contribution < 1.29 is 9.53 Å². The second-order valence-electron chi connectivity index (χ2n) is 5.63. The maximum atomic E-state index is 12.2. The highest BCUT2D eigenvalue weighted by atomic mass is 79.9. The van der Waals surface area contributed by atoms with E-state index >= 15 is 0 Å². The predicted octanol–water partition coefficient (Wildman–Crippen LogP) is 2.52. The van der Waals surface area contributed by atoms with Crippen LogP contribution in [0.3, 0.4) is 0 Å². The summed E-state index contributed by atoms with van der Waals surface area (Å²) in [5.74, 6) is 0.173. The molecule has 3 N–H and O–H groups in total. The van der Waals surface area contributed by atoms with Crippen LogP contribution >= 0.6 is 28.3 Å². The molecule has 2 heterocycles. The van der Waals surface area contributed by atoms with E-state index in [0.717, 1.165) is 5.56 Å². The van der Waals surface area contributed by atoms with Crippen molar-refractivity contribution in [2.75, 3.05) is 18.5 Å². The highest BCUT2D eigenvalue weighted by Gasteiger charge is 2.30. The Hall–Kier alpha value is -2.03. The van der Waals surface area contributed by atoms with Crippen LogP contribution in [0.25, 0.3) is 0 Å². The number of amides is 1. The molecule has 1 aliphatic heterocycles. The number of nitrogens with two attached hydrogens (primary N) is 1. The van der Waals surface area contributed by atoms with E-state index in [0.29, 0.717) is 29.2 Å². The normalized spacial score (nSPS) is 19.5. The van der Waals surface area contributed by atoms with E-state index in [1.165, 1.54) is 12.4 Å². The Balaban J connectivity index is 0.00000225. The lowest BCUT2D eigenvalue weighted by molar-refractivity contribution is 0.101. The zero-order chi connectivity index (χ0) is 17.2. The highest BCUT2D eigenvalue weighted by Crippen LogP contribution is 2.29. The fourth-order valence-electron chi connectivity index (χ4n) is 2.43. The molecule has 0 radical (unpaired) electrons. The largest absolute Gasteiger partial charge is 0.386 e. The van der Waals surface area contributed by atoms with Gasteiger partial charge in [-0.1, -0.05) is 12.1 Å². The van der Waals surface area contributed by atoms with Crippen LogP contribution in [0.2, 0.25) is 0 Å². The van der Waals surface area contributed by atoms with Crippen molar-refractivity contribution in [3.63, 3.8) is 0 Å². The van der Waals surface area contributed by atoms with Gasteiger partial charge in [0.15, 0.2) is 0 Å². The van der Waals surface area contributed by atoms with Crippen LogP contribution in [0.4, 0.5) is 5.69 Å². The smallest absolute Gasteiger partial charge is 0.293 e. The quantitative estimate of drug-likeness (QED) is 0.785. The zero-order valence-corrected chi connectivity index (χ0v) is 15.8. The van der Waals surface area contributed by atoms with Gasteiger partial charge in [0.05, 0.1) is 11.1 Å². The van der Waals surface area contributed by atoms with E-state index in [1.807, 2.05) is 25.1 Å². The van der Waals surface area contributed by atoms with Crippen LogP contribution in [0, 0.1) is 0 Å². The van der Waals surface area contributed by atoms with E-state index in [-0.39, 0.29) is 24.1 Å². The van der Waals surface area contributed by atoms with Crippen LogP contribution in [0.5, 0.6) is 0 Å². The minimum absolute atomic E-state index is 0. The third-order valence-corrected chi connectivity index (χ3v) is 4.00. The van der Waals surface area contributed by atoms with Crippen LogP contribution in [0.15, 0.2) is 46.1 Å². The number of ether oxygens (including phenoxy) is 1. The zero-order valence-electron chi connectivity index (χ0n) is 13.4. The fraction of sp³-hybridized carbons (Fsp3) is 0.250. The number of amidine groups is 1. The first-order valence-electron chi connectivity index (χ1n) is 7.28. The number of carbonyl (C=O) groups excluding carboxylic acids is 1. The summed E-state index contributed by atoms with van der Waals surface area (Å²) < 4.78 is 6.20. The summed E-state index contributed by atoms with van der Waals surface area (Å²) in [6.45, 7) is 2.71. The van der Waals surface area contributed by atoms with Gasteiger partial charge in [0.25, 0.3) is 5.91 Å². The van der Waals surface area contributed by atoms with Crippen LogP contribution < -0.4 is 11.1 Å². The van der Waals surface area contributed by atoms with Gasteiger partial charge in [0.1, 0.15) is 18.0 Å². The number of hydrogen-bond donors (Lipinski definition) is 2. The molecular weight excluding hydrogens is 410 g/mol. The Labute approximate surface area is 159 Å². The second kappa shape index (κ2) is 7.90. The van der Waals surface area contributed by atoms with Gasteiger partial charge in [-0.3, -0.25) is 9.79 Å². The minimum Gasteiger partial charge on any atom is -0.386 e. The molecule has 25 heavy (non-hydrogen) atoms. The lowest BCUT2D eigenvalue weighted by Crippen LogP contribution is -2.37. The number of halogens is 2. The Morgan fingerprint density at radius 1 is 1.36 bits per heavy atom. The molecule has 1 amide bonds. The maximum Gasteiger partial charge on any atom is 0.293 e. The molecule has 0 saturated carbocycles. The third-order valence-electron chi connectivity index (χ3n) is 3.59. The lowest BCUT2D eigenvalue weighted by Gasteiger charge is -2.30. The number of aromatic nitrogens is 2. The first-order chi connectivity index (χ1) is 11.5. The Morgan fingerprint density at radius 3 is 2.76 bits per heavy atom. The average molecular weight is 427 g/mol. The minimum atomic E-state index is -0.572. The van der Waals surface area contributed by atoms with Crippen LogP contribution in [-0.2, 0) is 10.3 Å². The average Bonchev–Trinajstić information content (AvgIpc) is 2.55. The number of hydrogen-bond acceptors (Lipinski definition) is 6. The van der Waals surface area contributed by atoms with Gasteiger partial charge in [-0.15, -0.1) is 12.4 Å². The molecule has 132 valence electrons. The molecule has 0 fully saturated rings. The van der Waals surface area contributed by atoms with Crippen molar-refractivity contribution in [2.24, 2.45) is 10.7 Å². The molecule has 7 nitrogen and oxygen atoms in total. The van der Waals surface area contributed by atoms with Crippen molar-refractivity contribution in [3.05, 3.63) is 52.5 Å². The van der Waals surface area contributed by atoms with Crippen molar-refractivity contribution in [3.8, 4) is 0 Å². The number of nitrogens with zero attached hydrogens (tertiary/aromatic N) is 3. The fourth-order valence-corrected chi connectivity index (χ4v) is 2.64. The molecule has 3 rings (SSSR count). The Morgan fingerprint density at radius 2 is 2.08 bits per heavy atom. The van der Waals surface area contributed by atoms with Gasteiger partial charge in [-0.05, 0) is 40.5 Å². The standard InChI is InChI=1S/C16H16BrN5O2.ClH/c1-16(9-24-8-13(18)22-16)10-3-2-4-12(5-10)21-15(23)14-19-6-11(17)7-20-14;/h2-7H,8-9H2,1H3,(H2,18,22)(H,21,23);1H. The molecule has 0 spiro atoms. The van der Waals surface area contributed by atoms with Crippen molar-refractivity contribution in [1.29, 1.82) is 0 Å². The lowest BCUT2D eigenvalue weighted by atomic mass is 9.92. The van der Waals surface area contributed by atoms with E-state index in [9.17, 15) is 4.79 Å². The van der Waals surface area contributed by atoms with Gasteiger partial charge in [0.2, 0.25) is 5.82 Å². The number of nitrogens with one attached hydrogen (secondary N) is 1. The van der Waals surface area contributed by atoms with E-state index in [2.05, 4.69) is 36.2 Å². The van der Waals surface area contributed by atoms with Crippen molar-refractivity contribution >= 4 is 45.8 Å². The monoisotopic (exact) mass is 425 g/mol. The summed E-state index contributed by atoms with van der Waals surface area (Å²) in [6, 6.07) is 7.42. The molecule has 2 aromatic rings. The first-order valence-corrected chi connectivity index (χ1v) is 8.07. The summed E-state index contributed by atoms with van der Waals surface area (Å²) in [4.78, 5) is 24.7. The molecule has 0 bridgehead atoms. The molecule has 1 aromatic carbocycles. The Bertz CT molecular complexity index is 799. The van der Waals surface area contributed by atoms with Crippen molar-refractivity contribution in [2.45, 2.75) is 12.5 Å². The third kappa shape index (κ3) is 4.53. The van der Waals surface area contributed by atoms with Crippen molar-refractivity contribution in [1.82, 2.24) is 9.97 Å². The molecular formula is C16H17BrClN5O2. The number of aliphatic imine (C=N–C) groups is 1. The SMILES string of the molecule is CC1(c2cccc(NC(=O)c3ncc(Br)cn3)c2)COCC(N)=N1.Cl. The number of anilines is 1. The maximum absolute atomic E-state index is 12.2. The molecule has 1 unspecified atom stereocenters. The first kappa shape index (κ1) is 19.3. The van der Waals surface area contributed by atoms with Gasteiger partial charge in [0, 0.05) is 18.1 Å². The van der Waals surface area contributed by atoms with Gasteiger partial charge in [-0.25, -0.2) is 9.97 Å². The van der Waals surface area contributed by atoms with Crippen LogP contribution in [-0.4, -0.2) is 34.9 Å². The number of rotatable bonds is 3. The topological polar surface area (TPSA) is 102 Å². The second-order valence-corrected chi connectivity index (χ2v) is 6.55. The predicted molar refractivity (Wildman–Crippen MR) is 101 cm³/mol. The molecule has 0 aliphatic carbocycles. The summed E-state index contributed by atoms with van der Waals surface area (Å²) in [6.07, 6.45) is 3.05. The Kier molecular flexibility index (Phi) is 6.10. The van der Waals surface area contributed by atoms with Gasteiger partial charge in [-0.2, -0.15) is 0 Å². The van der Waals surface area contributed by atoms with Crippen LogP contribution in [0.1, 0.15) is 23.1 Å². The molecule has 9 heteroatoms. The van der Waals surface area contributed by atoms with E-state index in [4.69, 9.17) is 10.5 Å². The number of carbonyl (C=O) groups is 1. The molecule has 1 atom stereocenters. The highest BCUT2D eigenvalue weighted by molar-refractivity contribution is 9.10. The number of benzene rings is 1. The van der Waals surface area contributed by atoms with E-state index < -0.39 is 5.54 Å².